The van der Waals surface area contributed by atoms with Gasteiger partial charge in [-0.15, -0.1) is 0 Å². The van der Waals surface area contributed by atoms with E-state index in [2.05, 4.69) is 16.9 Å². The van der Waals surface area contributed by atoms with E-state index in [0.29, 0.717) is 53.5 Å². The first kappa shape index (κ1) is 24.8. The van der Waals surface area contributed by atoms with Gasteiger partial charge in [0, 0.05) is 47.7 Å². The van der Waals surface area contributed by atoms with Crippen molar-refractivity contribution in [2.45, 2.75) is 45.4 Å². The van der Waals surface area contributed by atoms with Gasteiger partial charge in [0.05, 0.1) is 12.1 Å². The predicted molar refractivity (Wildman–Crippen MR) is 137 cm³/mol. The molecule has 1 atom stereocenters. The lowest BCUT2D eigenvalue weighted by atomic mass is 9.93. The van der Waals surface area contributed by atoms with Crippen LogP contribution in [0.15, 0.2) is 41.3 Å². The van der Waals surface area contributed by atoms with Gasteiger partial charge in [0.1, 0.15) is 17.1 Å². The molecule has 1 saturated heterocycles. The summed E-state index contributed by atoms with van der Waals surface area (Å²) in [5.41, 5.74) is 2.63. The van der Waals surface area contributed by atoms with Gasteiger partial charge < -0.3 is 19.7 Å². The van der Waals surface area contributed by atoms with Crippen molar-refractivity contribution >= 4 is 17.5 Å². The number of nitrogens with one attached hydrogen (secondary N) is 1. The Morgan fingerprint density at radius 2 is 2.09 bits per heavy atom. The van der Waals surface area contributed by atoms with Gasteiger partial charge in [-0.2, -0.15) is 0 Å². The van der Waals surface area contributed by atoms with Gasteiger partial charge in [0.2, 0.25) is 0 Å². The number of aromatic hydroxyl groups is 1. The van der Waals surface area contributed by atoms with Crippen LogP contribution >= 0.6 is 11.6 Å². The zero-order valence-electron chi connectivity index (χ0n) is 20.2. The van der Waals surface area contributed by atoms with Crippen LogP contribution in [0, 0.1) is 6.92 Å². The first-order valence-corrected chi connectivity index (χ1v) is 12.3. The second-order valence-electron chi connectivity index (χ2n) is 8.93. The number of unbranched alkanes of at least 4 members (excludes halogenated alkanes) is 1. The molecule has 8 heteroatoms. The highest BCUT2D eigenvalue weighted by Gasteiger charge is 2.33. The van der Waals surface area contributed by atoms with Crippen LogP contribution in [-0.4, -0.2) is 46.1 Å². The zero-order chi connectivity index (χ0) is 25.1. The highest BCUT2D eigenvalue weighted by molar-refractivity contribution is 6.30. The fourth-order valence-corrected chi connectivity index (χ4v) is 4.86. The summed E-state index contributed by atoms with van der Waals surface area (Å²) in [6.45, 7) is 4.85. The van der Waals surface area contributed by atoms with E-state index in [0.717, 1.165) is 24.1 Å². The minimum atomic E-state index is -0.581. The van der Waals surface area contributed by atoms with Gasteiger partial charge in [-0.25, -0.2) is 0 Å². The molecule has 1 unspecified atom stereocenters. The van der Waals surface area contributed by atoms with E-state index in [4.69, 9.17) is 16.3 Å². The summed E-state index contributed by atoms with van der Waals surface area (Å²) < 4.78 is 5.58. The smallest absolute Gasteiger partial charge is 0.264 e. The Morgan fingerprint density at radius 3 is 2.77 bits per heavy atom. The summed E-state index contributed by atoms with van der Waals surface area (Å²) in [4.78, 5) is 35.5. The number of amides is 1. The number of halogens is 1. The van der Waals surface area contributed by atoms with Crippen LogP contribution in [0.1, 0.15) is 59.4 Å². The Hall–Kier alpha value is -3.32. The third-order valence-corrected chi connectivity index (χ3v) is 6.83. The van der Waals surface area contributed by atoms with Crippen LogP contribution in [-0.2, 0) is 6.42 Å². The van der Waals surface area contributed by atoms with Crippen molar-refractivity contribution in [1.82, 2.24) is 14.9 Å². The van der Waals surface area contributed by atoms with Crippen molar-refractivity contribution in [2.24, 2.45) is 0 Å². The average Bonchev–Trinajstić information content (AvgIpc) is 3.34. The number of methoxy groups -OCH3 is 1. The summed E-state index contributed by atoms with van der Waals surface area (Å²) in [5, 5.41) is 12.0. The van der Waals surface area contributed by atoms with E-state index in [1.54, 1.807) is 24.3 Å². The molecule has 4 rings (SSSR count). The molecular formula is C27H30ClN3O4. The number of pyridine rings is 2. The first-order chi connectivity index (χ1) is 16.8. The fourth-order valence-electron chi connectivity index (χ4n) is 4.75. The van der Waals surface area contributed by atoms with Crippen molar-refractivity contribution in [2.75, 3.05) is 20.2 Å². The fraction of sp³-hybridized carbons (Fsp3) is 0.370. The molecule has 0 saturated carbocycles. The van der Waals surface area contributed by atoms with E-state index in [9.17, 15) is 14.7 Å². The largest absolute Gasteiger partial charge is 0.506 e. The lowest BCUT2D eigenvalue weighted by Crippen LogP contribution is -2.33. The highest BCUT2D eigenvalue weighted by Crippen LogP contribution is 2.41. The van der Waals surface area contributed by atoms with Gasteiger partial charge in [0.15, 0.2) is 0 Å². The van der Waals surface area contributed by atoms with Crippen molar-refractivity contribution < 1.29 is 14.6 Å². The van der Waals surface area contributed by atoms with E-state index >= 15 is 0 Å². The normalized spacial score (nSPS) is 15.4. The van der Waals surface area contributed by atoms with Gasteiger partial charge in [-0.1, -0.05) is 37.1 Å². The van der Waals surface area contributed by atoms with E-state index < -0.39 is 11.5 Å². The third kappa shape index (κ3) is 4.91. The van der Waals surface area contributed by atoms with E-state index in [1.165, 1.54) is 0 Å². The number of carbonyl (C=O) groups excluding carboxylic acids is 1. The molecule has 3 heterocycles. The number of likely N-dealkylation sites (tertiary alicyclic amines) is 1. The van der Waals surface area contributed by atoms with E-state index in [1.807, 2.05) is 31.2 Å². The first-order valence-electron chi connectivity index (χ1n) is 11.9. The number of aromatic amines is 1. The molecule has 1 aliphatic rings. The Kier molecular flexibility index (Phi) is 7.45. The number of hydrogen-bond acceptors (Lipinski definition) is 5. The Balaban J connectivity index is 1.76. The number of carbonyl (C=O) groups is 1. The number of aromatic nitrogens is 2. The molecule has 7 nitrogen and oxygen atoms in total. The van der Waals surface area contributed by atoms with Gasteiger partial charge in [-0.05, 0) is 49.9 Å². The molecule has 35 heavy (non-hydrogen) atoms. The molecule has 1 fully saturated rings. The van der Waals surface area contributed by atoms with Gasteiger partial charge in [-0.3, -0.25) is 14.6 Å². The average molecular weight is 496 g/mol. The monoisotopic (exact) mass is 495 g/mol. The number of ether oxygens (including phenoxy) is 1. The Bertz CT molecular complexity index is 1290. The summed E-state index contributed by atoms with van der Waals surface area (Å²) in [6, 6.07) is 9.23. The number of benzene rings is 1. The molecule has 1 amide bonds. The standard InChI is InChI=1S/C27H30ClN3O4/c1-4-5-8-20-23(22-16(2)7-6-9-21(22)35-3)25(32)24(26(33)30-20)27(34)31-13-12-17(15-31)19-11-10-18(28)14-29-19/h6-7,9-11,14,17H,4-5,8,12-13,15H2,1-3H3,(H2,30,32,33). The molecule has 3 aromatic rings. The highest BCUT2D eigenvalue weighted by atomic mass is 35.5. The number of rotatable bonds is 7. The van der Waals surface area contributed by atoms with Crippen LogP contribution in [0.2, 0.25) is 5.02 Å². The van der Waals surface area contributed by atoms with Crippen LogP contribution in [0.25, 0.3) is 11.1 Å². The van der Waals surface area contributed by atoms with Crippen LogP contribution in [0.5, 0.6) is 11.5 Å². The number of aryl methyl sites for hydroxylation is 2. The quantitative estimate of drug-likeness (QED) is 0.476. The van der Waals surface area contributed by atoms with Crippen molar-refractivity contribution in [3.8, 4) is 22.6 Å². The molecule has 0 spiro atoms. The summed E-state index contributed by atoms with van der Waals surface area (Å²) >= 11 is 5.95. The Labute approximate surface area is 209 Å². The van der Waals surface area contributed by atoms with Crippen LogP contribution in [0.4, 0.5) is 0 Å². The predicted octanol–water partition coefficient (Wildman–Crippen LogP) is 5.09. The molecule has 0 aliphatic carbocycles. The number of nitrogens with zero attached hydrogens (tertiary/aromatic N) is 2. The number of hydrogen-bond donors (Lipinski definition) is 2. The Morgan fingerprint density at radius 1 is 1.29 bits per heavy atom. The molecule has 2 aromatic heterocycles. The molecule has 2 N–H and O–H groups in total. The SMILES string of the molecule is CCCCc1[nH]c(=O)c(C(=O)N2CCC(c3ccc(Cl)cn3)C2)c(O)c1-c1c(C)cccc1OC. The lowest BCUT2D eigenvalue weighted by Gasteiger charge is -2.21. The molecule has 184 valence electrons. The maximum atomic E-state index is 13.5. The molecule has 0 bridgehead atoms. The molecule has 1 aliphatic heterocycles. The maximum absolute atomic E-state index is 13.5. The third-order valence-electron chi connectivity index (χ3n) is 6.61. The second kappa shape index (κ2) is 10.5. The zero-order valence-corrected chi connectivity index (χ0v) is 21.0. The molecule has 1 aromatic carbocycles. The van der Waals surface area contributed by atoms with E-state index in [-0.39, 0.29) is 17.2 Å². The number of H-pyrrole nitrogens is 1. The second-order valence-corrected chi connectivity index (χ2v) is 9.36. The minimum absolute atomic E-state index is 0.0391. The topological polar surface area (TPSA) is 95.5 Å². The van der Waals surface area contributed by atoms with Crippen molar-refractivity contribution in [3.05, 3.63) is 74.4 Å². The van der Waals surface area contributed by atoms with Crippen molar-refractivity contribution in [3.63, 3.8) is 0 Å². The summed E-state index contributed by atoms with van der Waals surface area (Å²) in [5.74, 6) is -0.183. The van der Waals surface area contributed by atoms with Gasteiger partial charge >= 0.3 is 0 Å². The van der Waals surface area contributed by atoms with Gasteiger partial charge in [0.25, 0.3) is 11.5 Å². The molecule has 0 radical (unpaired) electrons. The van der Waals surface area contributed by atoms with Crippen molar-refractivity contribution in [1.29, 1.82) is 0 Å². The summed E-state index contributed by atoms with van der Waals surface area (Å²) in [7, 11) is 1.56. The maximum Gasteiger partial charge on any atom is 0.264 e. The minimum Gasteiger partial charge on any atom is -0.506 e. The van der Waals surface area contributed by atoms with Crippen LogP contribution in [0.3, 0.4) is 0 Å². The van der Waals surface area contributed by atoms with Crippen LogP contribution < -0.4 is 10.3 Å². The lowest BCUT2D eigenvalue weighted by molar-refractivity contribution is 0.0785. The molecular weight excluding hydrogens is 466 g/mol. The summed E-state index contributed by atoms with van der Waals surface area (Å²) in [6.07, 6.45) is 4.61.